The number of ether oxygens (including phenoxy) is 1. The van der Waals surface area contributed by atoms with Gasteiger partial charge in [0.1, 0.15) is 5.75 Å². The standard InChI is InChI=1S/C27H22N2O3/c1-32-25-19-11-10-18-24(25)28-26(30)22-16-8-9-17-23(22)27(31)29(20-12-4-2-5-13-20)21-14-6-3-7-15-21/h2-19H,1H3,(H,28,30). The molecule has 0 spiro atoms. The van der Waals surface area contributed by atoms with Crippen LogP contribution in [0.3, 0.4) is 0 Å². The first kappa shape index (κ1) is 20.9. The molecule has 1 N–H and O–H groups in total. The molecule has 0 aromatic heterocycles. The predicted octanol–water partition coefficient (Wildman–Crippen LogP) is 5.93. The van der Waals surface area contributed by atoms with Crippen LogP contribution in [0.25, 0.3) is 0 Å². The quantitative estimate of drug-likeness (QED) is 0.419. The van der Waals surface area contributed by atoms with Crippen molar-refractivity contribution >= 4 is 28.9 Å². The summed E-state index contributed by atoms with van der Waals surface area (Å²) in [5, 5.41) is 2.86. The molecule has 0 atom stereocenters. The van der Waals surface area contributed by atoms with Gasteiger partial charge in [-0.2, -0.15) is 0 Å². The highest BCUT2D eigenvalue weighted by Gasteiger charge is 2.24. The summed E-state index contributed by atoms with van der Waals surface area (Å²) >= 11 is 0. The molecule has 5 heteroatoms. The number of hydrogen-bond acceptors (Lipinski definition) is 3. The molecule has 0 saturated heterocycles. The van der Waals surface area contributed by atoms with Crippen LogP contribution in [0.15, 0.2) is 109 Å². The second-order valence-corrected chi connectivity index (χ2v) is 7.01. The van der Waals surface area contributed by atoms with Crippen molar-refractivity contribution in [2.45, 2.75) is 0 Å². The van der Waals surface area contributed by atoms with Crippen LogP contribution < -0.4 is 15.0 Å². The molecule has 2 amide bonds. The molecule has 32 heavy (non-hydrogen) atoms. The second-order valence-electron chi connectivity index (χ2n) is 7.01. The van der Waals surface area contributed by atoms with E-state index in [1.165, 1.54) is 0 Å². The van der Waals surface area contributed by atoms with Gasteiger partial charge in [-0.3, -0.25) is 14.5 Å². The largest absolute Gasteiger partial charge is 0.495 e. The SMILES string of the molecule is COc1ccccc1NC(=O)c1ccccc1C(=O)N(c1ccccc1)c1ccccc1. The number of nitrogens with zero attached hydrogens (tertiary/aromatic N) is 1. The maximum absolute atomic E-state index is 13.8. The van der Waals surface area contributed by atoms with Gasteiger partial charge in [0, 0.05) is 11.4 Å². The highest BCUT2D eigenvalue weighted by atomic mass is 16.5. The Morgan fingerprint density at radius 3 is 1.75 bits per heavy atom. The molecule has 0 bridgehead atoms. The number of benzene rings is 4. The fourth-order valence-electron chi connectivity index (χ4n) is 3.46. The van der Waals surface area contributed by atoms with Crippen LogP contribution >= 0.6 is 0 Å². The Morgan fingerprint density at radius 2 is 1.16 bits per heavy atom. The van der Waals surface area contributed by atoms with Crippen molar-refractivity contribution in [1.82, 2.24) is 0 Å². The minimum absolute atomic E-state index is 0.278. The number of anilines is 3. The van der Waals surface area contributed by atoms with E-state index >= 15 is 0 Å². The molecule has 4 rings (SSSR count). The van der Waals surface area contributed by atoms with E-state index in [2.05, 4.69) is 5.32 Å². The summed E-state index contributed by atoms with van der Waals surface area (Å²) in [5.41, 5.74) is 2.53. The minimum Gasteiger partial charge on any atom is -0.495 e. The molecule has 158 valence electrons. The molecule has 0 heterocycles. The van der Waals surface area contributed by atoms with Gasteiger partial charge in [0.15, 0.2) is 0 Å². The van der Waals surface area contributed by atoms with Gasteiger partial charge in [0.05, 0.1) is 23.9 Å². The van der Waals surface area contributed by atoms with Gasteiger partial charge < -0.3 is 10.1 Å². The van der Waals surface area contributed by atoms with Gasteiger partial charge in [-0.25, -0.2) is 0 Å². The number of para-hydroxylation sites is 4. The predicted molar refractivity (Wildman–Crippen MR) is 127 cm³/mol. The van der Waals surface area contributed by atoms with Gasteiger partial charge in [-0.05, 0) is 48.5 Å². The van der Waals surface area contributed by atoms with E-state index in [9.17, 15) is 9.59 Å². The lowest BCUT2D eigenvalue weighted by Gasteiger charge is -2.24. The number of rotatable bonds is 6. The summed E-state index contributed by atoms with van der Waals surface area (Å²) in [6.07, 6.45) is 0. The smallest absolute Gasteiger partial charge is 0.263 e. The van der Waals surface area contributed by atoms with E-state index < -0.39 is 0 Å². The van der Waals surface area contributed by atoms with Crippen LogP contribution in [0.2, 0.25) is 0 Å². The monoisotopic (exact) mass is 422 g/mol. The summed E-state index contributed by atoms with van der Waals surface area (Å²) in [6, 6.07) is 32.7. The highest BCUT2D eigenvalue weighted by Crippen LogP contribution is 2.29. The summed E-state index contributed by atoms with van der Waals surface area (Å²) in [5.74, 6) is -0.146. The van der Waals surface area contributed by atoms with Gasteiger partial charge >= 0.3 is 0 Å². The van der Waals surface area contributed by atoms with Gasteiger partial charge in [-0.15, -0.1) is 0 Å². The minimum atomic E-state index is -0.389. The third kappa shape index (κ3) is 4.37. The van der Waals surface area contributed by atoms with Gasteiger partial charge in [0.2, 0.25) is 0 Å². The van der Waals surface area contributed by atoms with E-state index in [-0.39, 0.29) is 17.4 Å². The molecule has 0 aliphatic carbocycles. The number of methoxy groups -OCH3 is 1. The summed E-state index contributed by atoms with van der Waals surface area (Å²) < 4.78 is 5.32. The van der Waals surface area contributed by atoms with Crippen LogP contribution in [0.5, 0.6) is 5.75 Å². The Labute approximate surface area is 186 Å². The van der Waals surface area contributed by atoms with Crippen LogP contribution in [-0.4, -0.2) is 18.9 Å². The summed E-state index contributed by atoms with van der Waals surface area (Å²) in [6.45, 7) is 0. The molecular formula is C27H22N2O3. The Kier molecular flexibility index (Phi) is 6.28. The third-order valence-electron chi connectivity index (χ3n) is 4.99. The second kappa shape index (κ2) is 9.62. The average Bonchev–Trinajstić information content (AvgIpc) is 2.86. The number of amides is 2. The summed E-state index contributed by atoms with van der Waals surface area (Å²) in [4.78, 5) is 28.5. The fraction of sp³-hybridized carbons (Fsp3) is 0.0370. The number of carbonyl (C=O) groups excluding carboxylic acids is 2. The molecule has 0 fully saturated rings. The normalized spacial score (nSPS) is 10.3. The fourth-order valence-corrected chi connectivity index (χ4v) is 3.46. The molecule has 0 unspecified atom stereocenters. The van der Waals surface area contributed by atoms with Crippen molar-refractivity contribution in [2.75, 3.05) is 17.3 Å². The molecule has 0 saturated carbocycles. The number of hydrogen-bond donors (Lipinski definition) is 1. The molecule has 0 radical (unpaired) electrons. The topological polar surface area (TPSA) is 58.6 Å². The molecule has 0 aliphatic rings. The van der Waals surface area contributed by atoms with Crippen molar-refractivity contribution in [1.29, 1.82) is 0 Å². The average molecular weight is 422 g/mol. The Hall–Kier alpha value is -4.38. The first-order valence-corrected chi connectivity index (χ1v) is 10.2. The Morgan fingerprint density at radius 1 is 0.656 bits per heavy atom. The zero-order valence-electron chi connectivity index (χ0n) is 17.6. The van der Waals surface area contributed by atoms with E-state index in [0.29, 0.717) is 28.4 Å². The molecule has 4 aromatic carbocycles. The molecule has 4 aromatic rings. The lowest BCUT2D eigenvalue weighted by molar-refractivity contribution is 0.0976. The number of carbonyl (C=O) groups is 2. The lowest BCUT2D eigenvalue weighted by Crippen LogP contribution is -2.28. The third-order valence-corrected chi connectivity index (χ3v) is 4.99. The van der Waals surface area contributed by atoms with Crippen LogP contribution in [0, 0.1) is 0 Å². The molecular weight excluding hydrogens is 400 g/mol. The van der Waals surface area contributed by atoms with Gasteiger partial charge in [-0.1, -0.05) is 60.7 Å². The van der Waals surface area contributed by atoms with Crippen LogP contribution in [0.4, 0.5) is 17.1 Å². The van der Waals surface area contributed by atoms with Crippen molar-refractivity contribution in [2.24, 2.45) is 0 Å². The van der Waals surface area contributed by atoms with E-state index in [1.54, 1.807) is 48.4 Å². The molecule has 0 aliphatic heterocycles. The van der Waals surface area contributed by atoms with Crippen molar-refractivity contribution < 1.29 is 14.3 Å². The highest BCUT2D eigenvalue weighted by molar-refractivity contribution is 6.18. The van der Waals surface area contributed by atoms with Crippen LogP contribution in [-0.2, 0) is 0 Å². The van der Waals surface area contributed by atoms with E-state index in [1.807, 2.05) is 72.8 Å². The maximum Gasteiger partial charge on any atom is 0.263 e. The zero-order chi connectivity index (χ0) is 22.3. The first-order valence-electron chi connectivity index (χ1n) is 10.2. The lowest BCUT2D eigenvalue weighted by atomic mass is 10.0. The van der Waals surface area contributed by atoms with E-state index in [0.717, 1.165) is 0 Å². The van der Waals surface area contributed by atoms with Crippen LogP contribution in [0.1, 0.15) is 20.7 Å². The van der Waals surface area contributed by atoms with Crippen molar-refractivity contribution in [3.63, 3.8) is 0 Å². The first-order chi connectivity index (χ1) is 15.7. The maximum atomic E-state index is 13.8. The van der Waals surface area contributed by atoms with Crippen molar-refractivity contribution in [3.8, 4) is 5.75 Å². The van der Waals surface area contributed by atoms with Gasteiger partial charge in [0.25, 0.3) is 11.8 Å². The number of nitrogens with one attached hydrogen (secondary N) is 1. The van der Waals surface area contributed by atoms with E-state index in [4.69, 9.17) is 4.74 Å². The Bertz CT molecular complexity index is 1180. The summed E-state index contributed by atoms with van der Waals surface area (Å²) in [7, 11) is 1.54. The molecule has 5 nitrogen and oxygen atoms in total. The zero-order valence-corrected chi connectivity index (χ0v) is 17.6. The Balaban J connectivity index is 1.73. The van der Waals surface area contributed by atoms with Crippen molar-refractivity contribution in [3.05, 3.63) is 120 Å².